The first-order valence-corrected chi connectivity index (χ1v) is 9.54. The molecule has 3 aromatic rings. The molecule has 0 aliphatic rings. The summed E-state index contributed by atoms with van der Waals surface area (Å²) in [7, 11) is -3.93. The summed E-state index contributed by atoms with van der Waals surface area (Å²) in [5, 5.41) is 0.320. The van der Waals surface area contributed by atoms with Crippen molar-refractivity contribution in [1.29, 1.82) is 0 Å². The minimum absolute atomic E-state index is 0.0106. The zero-order chi connectivity index (χ0) is 18.0. The predicted octanol–water partition coefficient (Wildman–Crippen LogP) is 4.15. The number of imidazole rings is 1. The van der Waals surface area contributed by atoms with E-state index in [-0.39, 0.29) is 10.6 Å². The van der Waals surface area contributed by atoms with Gasteiger partial charge in [-0.3, -0.25) is 0 Å². The molecule has 0 bridgehead atoms. The highest BCUT2D eigenvalue weighted by Crippen LogP contribution is 2.31. The summed E-state index contributed by atoms with van der Waals surface area (Å²) >= 11 is 6.03. The Labute approximate surface area is 151 Å². The Morgan fingerprint density at radius 3 is 2.56 bits per heavy atom. The van der Waals surface area contributed by atoms with E-state index in [0.29, 0.717) is 28.7 Å². The van der Waals surface area contributed by atoms with Crippen LogP contribution in [0.5, 0.6) is 5.75 Å². The molecule has 0 saturated heterocycles. The molecular formula is C18H17ClN2O3S. The summed E-state index contributed by atoms with van der Waals surface area (Å²) in [6, 6.07) is 13.7. The maximum Gasteiger partial charge on any atom is 0.273 e. The maximum absolute atomic E-state index is 13.3. The van der Waals surface area contributed by atoms with Crippen LogP contribution in [0.25, 0.3) is 11.4 Å². The summed E-state index contributed by atoms with van der Waals surface area (Å²) in [5.41, 5.74) is 1.31. The molecule has 2 aromatic carbocycles. The third kappa shape index (κ3) is 3.41. The Hall–Kier alpha value is -2.31. The van der Waals surface area contributed by atoms with Crippen molar-refractivity contribution in [2.45, 2.75) is 18.7 Å². The molecule has 0 N–H and O–H groups in total. The molecule has 0 aliphatic heterocycles. The van der Waals surface area contributed by atoms with Crippen molar-refractivity contribution >= 4 is 21.6 Å². The zero-order valence-corrected chi connectivity index (χ0v) is 15.4. The van der Waals surface area contributed by atoms with Crippen molar-refractivity contribution in [3.63, 3.8) is 0 Å². The molecule has 0 unspecified atom stereocenters. The fourth-order valence-electron chi connectivity index (χ4n) is 2.50. The molecule has 7 heteroatoms. The van der Waals surface area contributed by atoms with Gasteiger partial charge in [0.05, 0.1) is 12.3 Å². The minimum atomic E-state index is -3.93. The molecule has 1 heterocycles. The second kappa shape index (κ2) is 6.90. The van der Waals surface area contributed by atoms with Gasteiger partial charge >= 0.3 is 0 Å². The molecule has 0 atom stereocenters. The van der Waals surface area contributed by atoms with Crippen LogP contribution in [0, 0.1) is 6.92 Å². The molecule has 0 fully saturated rings. The van der Waals surface area contributed by atoms with Crippen LogP contribution < -0.4 is 4.74 Å². The van der Waals surface area contributed by atoms with Crippen molar-refractivity contribution in [3.8, 4) is 17.1 Å². The van der Waals surface area contributed by atoms with Crippen LogP contribution in [0.1, 0.15) is 12.6 Å². The highest BCUT2D eigenvalue weighted by Gasteiger charge is 2.26. The first-order valence-electron chi connectivity index (χ1n) is 7.73. The van der Waals surface area contributed by atoms with Crippen LogP contribution in [-0.2, 0) is 10.0 Å². The average Bonchev–Trinajstić information content (AvgIpc) is 3.00. The van der Waals surface area contributed by atoms with Crippen LogP contribution in [0.2, 0.25) is 5.02 Å². The largest absolute Gasteiger partial charge is 0.492 e. The van der Waals surface area contributed by atoms with Crippen LogP contribution in [-0.4, -0.2) is 24.0 Å². The lowest BCUT2D eigenvalue weighted by Crippen LogP contribution is -2.15. The number of rotatable bonds is 5. The summed E-state index contributed by atoms with van der Waals surface area (Å²) in [4.78, 5) is 4.39. The van der Waals surface area contributed by atoms with Gasteiger partial charge in [-0.2, -0.15) is 0 Å². The molecule has 0 amide bonds. The Kier molecular flexibility index (Phi) is 4.83. The number of ether oxygens (including phenoxy) is 1. The predicted molar refractivity (Wildman–Crippen MR) is 97.6 cm³/mol. The number of aryl methyl sites for hydroxylation is 1. The molecule has 0 spiro atoms. The first-order chi connectivity index (χ1) is 11.9. The number of aromatic nitrogens is 2. The van der Waals surface area contributed by atoms with Gasteiger partial charge in [0.2, 0.25) is 0 Å². The Bertz CT molecular complexity index is 998. The van der Waals surface area contributed by atoms with Gasteiger partial charge in [-0.1, -0.05) is 41.9 Å². The van der Waals surface area contributed by atoms with E-state index in [1.807, 2.05) is 30.3 Å². The molecule has 25 heavy (non-hydrogen) atoms. The van der Waals surface area contributed by atoms with E-state index < -0.39 is 10.0 Å². The van der Waals surface area contributed by atoms with Gasteiger partial charge in [0, 0.05) is 16.8 Å². The van der Waals surface area contributed by atoms with E-state index in [2.05, 4.69) is 4.98 Å². The maximum atomic E-state index is 13.3. The Morgan fingerprint density at radius 1 is 1.16 bits per heavy atom. The van der Waals surface area contributed by atoms with Crippen molar-refractivity contribution in [2.75, 3.05) is 6.61 Å². The summed E-state index contributed by atoms with van der Waals surface area (Å²) in [6.45, 7) is 3.89. The second-order valence-corrected chi connectivity index (χ2v) is 7.62. The topological polar surface area (TPSA) is 61.2 Å². The van der Waals surface area contributed by atoms with E-state index in [1.54, 1.807) is 26.0 Å². The van der Waals surface area contributed by atoms with Crippen LogP contribution in [0.3, 0.4) is 0 Å². The minimum Gasteiger partial charge on any atom is -0.492 e. The number of benzene rings is 2. The van der Waals surface area contributed by atoms with E-state index in [1.165, 1.54) is 16.2 Å². The molecule has 1 aromatic heterocycles. The molecule has 130 valence electrons. The van der Waals surface area contributed by atoms with Crippen molar-refractivity contribution < 1.29 is 13.2 Å². The van der Waals surface area contributed by atoms with Crippen molar-refractivity contribution in [1.82, 2.24) is 8.96 Å². The van der Waals surface area contributed by atoms with Gasteiger partial charge in [-0.05, 0) is 32.0 Å². The quantitative estimate of drug-likeness (QED) is 0.671. The van der Waals surface area contributed by atoms with Crippen LogP contribution in [0.15, 0.2) is 59.6 Å². The normalized spacial score (nSPS) is 11.5. The van der Waals surface area contributed by atoms with Gasteiger partial charge < -0.3 is 4.74 Å². The molecule has 0 aliphatic carbocycles. The van der Waals surface area contributed by atoms with Gasteiger partial charge in [0.1, 0.15) is 10.6 Å². The Morgan fingerprint density at radius 2 is 1.88 bits per heavy atom. The summed E-state index contributed by atoms with van der Waals surface area (Å²) in [6.07, 6.45) is 1.49. The highest BCUT2D eigenvalue weighted by molar-refractivity contribution is 7.90. The van der Waals surface area contributed by atoms with Crippen molar-refractivity contribution in [3.05, 3.63) is 65.4 Å². The van der Waals surface area contributed by atoms with Crippen LogP contribution in [0.4, 0.5) is 0 Å². The van der Waals surface area contributed by atoms with Gasteiger partial charge in [-0.25, -0.2) is 17.4 Å². The number of hydrogen-bond acceptors (Lipinski definition) is 4. The fraction of sp³-hybridized carbons (Fsp3) is 0.167. The molecule has 0 radical (unpaired) electrons. The van der Waals surface area contributed by atoms with Gasteiger partial charge in [-0.15, -0.1) is 0 Å². The zero-order valence-electron chi connectivity index (χ0n) is 13.8. The van der Waals surface area contributed by atoms with Crippen LogP contribution >= 0.6 is 11.6 Å². The highest BCUT2D eigenvalue weighted by atomic mass is 35.5. The number of halogens is 1. The van der Waals surface area contributed by atoms with E-state index in [4.69, 9.17) is 16.3 Å². The lowest BCUT2D eigenvalue weighted by atomic mass is 10.2. The monoisotopic (exact) mass is 376 g/mol. The third-order valence-electron chi connectivity index (χ3n) is 3.57. The third-order valence-corrected chi connectivity index (χ3v) is 5.48. The molecule has 3 rings (SSSR count). The fourth-order valence-corrected chi connectivity index (χ4v) is 4.27. The van der Waals surface area contributed by atoms with Gasteiger partial charge in [0.15, 0.2) is 5.82 Å². The second-order valence-electron chi connectivity index (χ2n) is 5.40. The molecular weight excluding hydrogens is 360 g/mol. The van der Waals surface area contributed by atoms with E-state index in [9.17, 15) is 8.42 Å². The van der Waals surface area contributed by atoms with E-state index >= 15 is 0 Å². The smallest absolute Gasteiger partial charge is 0.273 e. The first kappa shape index (κ1) is 17.5. The lowest BCUT2D eigenvalue weighted by molar-refractivity contribution is 0.331. The summed E-state index contributed by atoms with van der Waals surface area (Å²) in [5.74, 6) is 0.609. The lowest BCUT2D eigenvalue weighted by Gasteiger charge is -2.13. The molecule has 5 nitrogen and oxygen atoms in total. The van der Waals surface area contributed by atoms with Crippen molar-refractivity contribution in [2.24, 2.45) is 0 Å². The number of nitrogens with zero attached hydrogens (tertiary/aromatic N) is 2. The number of hydrogen-bond donors (Lipinski definition) is 0. The van der Waals surface area contributed by atoms with E-state index in [0.717, 1.165) is 0 Å². The standard InChI is InChI=1S/C18H17ClN2O3S/c1-3-24-16-10-9-15(19)11-17(16)25(22,23)21-12-13(2)20-18(21)14-7-5-4-6-8-14/h4-12H,3H2,1-2H3. The SMILES string of the molecule is CCOc1ccc(Cl)cc1S(=O)(=O)n1cc(C)nc1-c1ccccc1. The summed E-state index contributed by atoms with van der Waals surface area (Å²) < 4.78 is 33.2. The molecule has 0 saturated carbocycles. The average molecular weight is 377 g/mol. The Balaban J connectivity index is 2.22. The van der Waals surface area contributed by atoms with Gasteiger partial charge in [0.25, 0.3) is 10.0 Å².